The summed E-state index contributed by atoms with van der Waals surface area (Å²) in [5, 5.41) is 0.873. The largest absolute Gasteiger partial charge is 0.493 e. The smallest absolute Gasteiger partial charge is 0.334 e. The third-order valence-electron chi connectivity index (χ3n) is 7.14. The van der Waals surface area contributed by atoms with Gasteiger partial charge in [-0.05, 0) is 69.8 Å². The summed E-state index contributed by atoms with van der Waals surface area (Å²) < 4.78 is 31.7. The predicted molar refractivity (Wildman–Crippen MR) is 141 cm³/mol. The molecule has 1 aliphatic carbocycles. The number of benzene rings is 1. The van der Waals surface area contributed by atoms with Gasteiger partial charge in [0, 0.05) is 24.3 Å². The van der Waals surface area contributed by atoms with E-state index in [0.29, 0.717) is 30.8 Å². The topological polar surface area (TPSA) is 105 Å². The normalized spacial score (nSPS) is 20.3. The number of anilines is 1. The molecule has 0 radical (unpaired) electrons. The highest BCUT2D eigenvalue weighted by atomic mass is 31.2. The molecule has 2 aliphatic rings. The molecule has 0 bridgehead atoms. The fourth-order valence-electron chi connectivity index (χ4n) is 5.20. The van der Waals surface area contributed by atoms with Crippen molar-refractivity contribution in [2.45, 2.75) is 39.2 Å². The average Bonchev–Trinajstić information content (AvgIpc) is 3.18. The minimum absolute atomic E-state index is 0.194. The van der Waals surface area contributed by atoms with E-state index in [4.69, 9.17) is 19.5 Å². The molecule has 9 nitrogen and oxygen atoms in total. The first-order valence-corrected chi connectivity index (χ1v) is 14.7. The maximum absolute atomic E-state index is 12.7. The molecular weight excluding hydrogens is 477 g/mol. The third kappa shape index (κ3) is 5.30. The van der Waals surface area contributed by atoms with Gasteiger partial charge in [0.05, 0.1) is 31.4 Å². The van der Waals surface area contributed by atoms with Crippen molar-refractivity contribution in [1.82, 2.24) is 19.4 Å². The summed E-state index contributed by atoms with van der Waals surface area (Å²) in [7, 11) is -3.15. The maximum atomic E-state index is 12.7. The minimum atomic E-state index is -3.15. The zero-order valence-corrected chi connectivity index (χ0v) is 22.0. The van der Waals surface area contributed by atoms with Crippen LogP contribution in [0.2, 0.25) is 0 Å². The van der Waals surface area contributed by atoms with Gasteiger partial charge in [0.15, 0.2) is 0 Å². The Hall–Kier alpha value is -2.45. The van der Waals surface area contributed by atoms with E-state index in [2.05, 4.69) is 25.6 Å². The van der Waals surface area contributed by atoms with Gasteiger partial charge < -0.3 is 29.0 Å². The van der Waals surface area contributed by atoms with Crippen LogP contribution in [0.5, 0.6) is 5.75 Å². The number of nitrogen functional groups attached to an aromatic ring is 1. The predicted octanol–water partition coefficient (Wildman–Crippen LogP) is 4.98. The molecule has 0 amide bonds. The molecule has 2 N–H and O–H groups in total. The summed E-state index contributed by atoms with van der Waals surface area (Å²) >= 11 is 0. The number of likely N-dealkylation sites (tertiary alicyclic amines) is 1. The van der Waals surface area contributed by atoms with Crippen LogP contribution in [0.3, 0.4) is 0 Å². The molecule has 1 saturated heterocycles. The zero-order valence-electron chi connectivity index (χ0n) is 21.1. The van der Waals surface area contributed by atoms with Crippen molar-refractivity contribution in [3.63, 3.8) is 0 Å². The molecule has 2 fully saturated rings. The lowest BCUT2D eigenvalue weighted by Gasteiger charge is -2.42. The van der Waals surface area contributed by atoms with E-state index in [1.165, 1.54) is 26.1 Å². The number of ether oxygens (including phenoxy) is 1. The van der Waals surface area contributed by atoms with Gasteiger partial charge in [0.1, 0.15) is 23.5 Å². The molecule has 0 atom stereocenters. The number of rotatable bonds is 12. The Morgan fingerprint density at radius 3 is 2.61 bits per heavy atom. The Kier molecular flexibility index (Phi) is 7.62. The summed E-state index contributed by atoms with van der Waals surface area (Å²) in [4.78, 5) is 11.4. The molecule has 0 spiro atoms. The van der Waals surface area contributed by atoms with Crippen molar-refractivity contribution in [2.75, 3.05) is 51.4 Å². The lowest BCUT2D eigenvalue weighted by Crippen LogP contribution is -2.43. The van der Waals surface area contributed by atoms with Crippen LogP contribution < -0.4 is 10.5 Å². The number of nitrogens with zero attached hydrogens (tertiary/aromatic N) is 4. The first kappa shape index (κ1) is 25.2. The minimum Gasteiger partial charge on any atom is -0.493 e. The Morgan fingerprint density at radius 1 is 1.14 bits per heavy atom. The molecule has 1 aliphatic heterocycles. The van der Waals surface area contributed by atoms with Crippen molar-refractivity contribution in [3.05, 3.63) is 36.8 Å². The maximum Gasteiger partial charge on any atom is 0.334 e. The monoisotopic (exact) mass is 513 g/mol. The van der Waals surface area contributed by atoms with Crippen molar-refractivity contribution < 1.29 is 18.3 Å². The molecular formula is C26H36N5O4P. The van der Waals surface area contributed by atoms with Crippen LogP contribution in [0.25, 0.3) is 22.2 Å². The highest BCUT2D eigenvalue weighted by Crippen LogP contribution is 2.48. The van der Waals surface area contributed by atoms with Crippen molar-refractivity contribution in [2.24, 2.45) is 5.92 Å². The molecule has 5 rings (SSSR count). The van der Waals surface area contributed by atoms with E-state index in [9.17, 15) is 4.57 Å². The number of aromatic nitrogens is 3. The summed E-state index contributed by atoms with van der Waals surface area (Å²) in [5.41, 5.74) is 9.20. The van der Waals surface area contributed by atoms with Gasteiger partial charge in [0.25, 0.3) is 0 Å². The number of hydrogen-bond acceptors (Lipinski definition) is 8. The molecule has 10 heteroatoms. The Bertz CT molecular complexity index is 1230. The van der Waals surface area contributed by atoms with Crippen LogP contribution in [0.1, 0.15) is 39.2 Å². The average molecular weight is 514 g/mol. The van der Waals surface area contributed by atoms with Gasteiger partial charge in [-0.25, -0.2) is 9.97 Å². The quantitative estimate of drug-likeness (QED) is 0.338. The van der Waals surface area contributed by atoms with Crippen molar-refractivity contribution >= 4 is 24.4 Å². The van der Waals surface area contributed by atoms with Crippen molar-refractivity contribution in [3.8, 4) is 16.9 Å². The van der Waals surface area contributed by atoms with Crippen LogP contribution in [0.15, 0.2) is 36.8 Å². The zero-order chi connectivity index (χ0) is 25.1. The molecule has 36 heavy (non-hydrogen) atoms. The van der Waals surface area contributed by atoms with E-state index < -0.39 is 7.60 Å². The Balaban J connectivity index is 1.33. The summed E-state index contributed by atoms with van der Waals surface area (Å²) in [6.07, 6.45) is 7.55. The van der Waals surface area contributed by atoms with Crippen LogP contribution in [0.4, 0.5) is 5.82 Å². The standard InChI is InChI=1S/C26H36N5O4P/c1-3-34-36(32,35-4-2)12-11-33-22-8-5-7-20(15-22)23-17-31(26-24(23)25(27)28-18-29-26)21-13-19(14-21)16-30-9-6-10-30/h5,7-8,15,17-19,21H,3-4,6,9-14,16H2,1-2H3,(H2,27,28,29)/t19-,21+. The Labute approximate surface area is 212 Å². The molecule has 0 unspecified atom stereocenters. The second-order valence-electron chi connectivity index (χ2n) is 9.60. The van der Waals surface area contributed by atoms with Crippen LogP contribution >= 0.6 is 7.60 Å². The van der Waals surface area contributed by atoms with Gasteiger partial charge in [-0.2, -0.15) is 0 Å². The summed E-state index contributed by atoms with van der Waals surface area (Å²) in [6.45, 7) is 8.20. The van der Waals surface area contributed by atoms with E-state index in [0.717, 1.165) is 40.9 Å². The second-order valence-corrected chi connectivity index (χ2v) is 11.8. The number of nitrogens with two attached hydrogens (primary N) is 1. The summed E-state index contributed by atoms with van der Waals surface area (Å²) in [6, 6.07) is 8.28. The van der Waals surface area contributed by atoms with Gasteiger partial charge in [0.2, 0.25) is 0 Å². The van der Waals surface area contributed by atoms with Crippen molar-refractivity contribution in [1.29, 1.82) is 0 Å². The van der Waals surface area contributed by atoms with E-state index in [1.807, 2.05) is 24.3 Å². The molecule has 3 heterocycles. The second kappa shape index (κ2) is 10.9. The fraction of sp³-hybridized carbons (Fsp3) is 0.538. The van der Waals surface area contributed by atoms with Crippen LogP contribution in [-0.4, -0.2) is 65.1 Å². The number of hydrogen-bond donors (Lipinski definition) is 1. The molecule has 1 saturated carbocycles. The lowest BCUT2D eigenvalue weighted by molar-refractivity contribution is 0.0921. The molecule has 3 aromatic rings. The van der Waals surface area contributed by atoms with Gasteiger partial charge in [-0.15, -0.1) is 0 Å². The first-order valence-electron chi connectivity index (χ1n) is 12.9. The first-order chi connectivity index (χ1) is 17.5. The number of fused-ring (bicyclic) bond motifs is 1. The van der Waals surface area contributed by atoms with Gasteiger partial charge in [-0.1, -0.05) is 12.1 Å². The van der Waals surface area contributed by atoms with E-state index >= 15 is 0 Å². The SMILES string of the molecule is CCOP(=O)(CCOc1cccc(-c2cn([C@H]3C[C@@H](CN4CCC4)C3)c3ncnc(N)c23)c1)OCC. The Morgan fingerprint density at radius 2 is 1.92 bits per heavy atom. The lowest BCUT2D eigenvalue weighted by atomic mass is 9.79. The highest BCUT2D eigenvalue weighted by molar-refractivity contribution is 7.53. The van der Waals surface area contributed by atoms with Gasteiger partial charge in [-0.3, -0.25) is 4.57 Å². The highest BCUT2D eigenvalue weighted by Gasteiger charge is 2.34. The van der Waals surface area contributed by atoms with E-state index in [1.54, 1.807) is 20.2 Å². The van der Waals surface area contributed by atoms with Crippen LogP contribution in [-0.2, 0) is 13.6 Å². The summed E-state index contributed by atoms with van der Waals surface area (Å²) in [5.74, 6) is 1.91. The molecule has 1 aromatic carbocycles. The fourth-order valence-corrected chi connectivity index (χ4v) is 6.63. The van der Waals surface area contributed by atoms with E-state index in [-0.39, 0.29) is 12.8 Å². The molecule has 2 aromatic heterocycles. The third-order valence-corrected chi connectivity index (χ3v) is 9.17. The van der Waals surface area contributed by atoms with Gasteiger partial charge >= 0.3 is 7.60 Å². The molecule has 194 valence electrons. The van der Waals surface area contributed by atoms with Crippen LogP contribution in [0, 0.1) is 5.92 Å².